The normalized spacial score (nSPS) is 10.9. The van der Waals surface area contributed by atoms with E-state index in [9.17, 15) is 18.8 Å². The van der Waals surface area contributed by atoms with Crippen molar-refractivity contribution in [3.8, 4) is 34.4 Å². The number of hydrogen-bond acceptors (Lipinski definition) is 9. The van der Waals surface area contributed by atoms with Crippen LogP contribution in [0.3, 0.4) is 0 Å². The van der Waals surface area contributed by atoms with Gasteiger partial charge < -0.3 is 23.7 Å². The number of fused-ring (bicyclic) bond motifs is 1. The number of benzene rings is 4. The number of rotatable bonds is 13. The topological polar surface area (TPSA) is 132 Å². The Bertz CT molecular complexity index is 2330. The third-order valence-corrected chi connectivity index (χ3v) is 7.82. The average Bonchev–Trinajstić information content (AvgIpc) is 3.15. The molecule has 4 aromatic carbocycles. The van der Waals surface area contributed by atoms with Crippen molar-refractivity contribution >= 4 is 22.7 Å². The lowest BCUT2D eigenvalue weighted by Gasteiger charge is -2.14. The first-order valence-corrected chi connectivity index (χ1v) is 15.9. The second kappa shape index (κ2) is 16.0. The Morgan fingerprint density at radius 1 is 0.846 bits per heavy atom. The van der Waals surface area contributed by atoms with E-state index < -0.39 is 34.7 Å². The van der Waals surface area contributed by atoms with E-state index in [0.29, 0.717) is 41.2 Å². The van der Waals surface area contributed by atoms with Gasteiger partial charge in [0.25, 0.3) is 0 Å². The zero-order chi connectivity index (χ0) is 36.6. The fourth-order valence-electron chi connectivity index (χ4n) is 5.29. The molecule has 0 saturated carbocycles. The van der Waals surface area contributed by atoms with Crippen LogP contribution in [0.5, 0.6) is 28.7 Å². The number of ether oxygens (including phenoxy) is 5. The number of carbonyl (C=O) groups excluding carboxylic acids is 1. The number of aromatic nitrogens is 3. The minimum atomic E-state index is -1.20. The van der Waals surface area contributed by atoms with E-state index in [1.807, 2.05) is 30.3 Å². The fraction of sp³-hybridized carbons (Fsp3) is 0.158. The number of nitrogens with one attached hydrogen (secondary N) is 1. The van der Waals surface area contributed by atoms with E-state index in [1.165, 1.54) is 49.2 Å². The van der Waals surface area contributed by atoms with E-state index in [4.69, 9.17) is 23.7 Å². The van der Waals surface area contributed by atoms with Gasteiger partial charge in [-0.05, 0) is 60.5 Å². The molecule has 0 unspecified atom stereocenters. The standard InChI is InChI=1S/C38H32F2N4O8/c1-48-33-20-28-31(21-34(33)49-2)41-16-15-32(28)51-27-13-14-30(29(40)19-27)42-37(46)52-35-22-43(17-6-18-50-23-24-7-4-3-5-8-24)38(47)44(36(35)45)26-11-9-25(39)10-12-26/h3-5,7-16,19-22H,6,17-18,23H2,1-2H3,(H,42,46). The first-order chi connectivity index (χ1) is 25.2. The van der Waals surface area contributed by atoms with Crippen LogP contribution < -0.4 is 35.5 Å². The van der Waals surface area contributed by atoms with Crippen molar-refractivity contribution in [1.82, 2.24) is 14.1 Å². The first-order valence-electron chi connectivity index (χ1n) is 15.9. The van der Waals surface area contributed by atoms with Crippen LogP contribution in [0.4, 0.5) is 19.3 Å². The summed E-state index contributed by atoms with van der Waals surface area (Å²) in [6.07, 6.45) is 1.79. The highest BCUT2D eigenvalue weighted by atomic mass is 19.1. The number of aryl methyl sites for hydroxylation is 1. The minimum Gasteiger partial charge on any atom is -0.493 e. The van der Waals surface area contributed by atoms with Gasteiger partial charge in [-0.25, -0.2) is 22.9 Å². The Morgan fingerprint density at radius 2 is 1.60 bits per heavy atom. The second-order valence-corrected chi connectivity index (χ2v) is 11.3. The minimum absolute atomic E-state index is 0.0533. The van der Waals surface area contributed by atoms with Crippen LogP contribution in [-0.4, -0.2) is 41.0 Å². The maximum atomic E-state index is 15.3. The van der Waals surface area contributed by atoms with Crippen LogP contribution in [0.25, 0.3) is 16.6 Å². The predicted molar refractivity (Wildman–Crippen MR) is 188 cm³/mol. The van der Waals surface area contributed by atoms with E-state index >= 15 is 4.39 Å². The fourth-order valence-corrected chi connectivity index (χ4v) is 5.29. The maximum Gasteiger partial charge on any atom is 0.417 e. The molecule has 1 amide bonds. The summed E-state index contributed by atoms with van der Waals surface area (Å²) < 4.78 is 58.5. The number of methoxy groups -OCH3 is 2. The molecule has 6 rings (SSSR count). The quantitative estimate of drug-likeness (QED) is 0.128. The monoisotopic (exact) mass is 710 g/mol. The second-order valence-electron chi connectivity index (χ2n) is 11.3. The molecule has 0 aliphatic heterocycles. The lowest BCUT2D eigenvalue weighted by Crippen LogP contribution is -2.40. The summed E-state index contributed by atoms with van der Waals surface area (Å²) in [6, 6.07) is 22.9. The number of nitrogens with zero attached hydrogens (tertiary/aromatic N) is 3. The molecule has 14 heteroatoms. The maximum absolute atomic E-state index is 15.3. The van der Waals surface area contributed by atoms with Crippen molar-refractivity contribution in [1.29, 1.82) is 0 Å². The largest absolute Gasteiger partial charge is 0.493 e. The van der Waals surface area contributed by atoms with Gasteiger partial charge in [-0.15, -0.1) is 0 Å². The molecule has 0 fully saturated rings. The zero-order valence-electron chi connectivity index (χ0n) is 28.0. The summed E-state index contributed by atoms with van der Waals surface area (Å²) >= 11 is 0. The molecule has 0 atom stereocenters. The number of amides is 1. The first kappa shape index (κ1) is 35.3. The van der Waals surface area contributed by atoms with Gasteiger partial charge in [-0.2, -0.15) is 0 Å². The highest BCUT2D eigenvalue weighted by Gasteiger charge is 2.19. The lowest BCUT2D eigenvalue weighted by atomic mass is 10.2. The Morgan fingerprint density at radius 3 is 2.33 bits per heavy atom. The molecule has 0 saturated heterocycles. The number of carbonyl (C=O) groups is 1. The molecule has 0 aliphatic carbocycles. The van der Waals surface area contributed by atoms with Gasteiger partial charge >= 0.3 is 17.3 Å². The zero-order valence-corrected chi connectivity index (χ0v) is 28.0. The third kappa shape index (κ3) is 8.08. The molecular weight excluding hydrogens is 678 g/mol. The third-order valence-electron chi connectivity index (χ3n) is 7.82. The molecule has 0 aliphatic rings. The predicted octanol–water partition coefficient (Wildman–Crippen LogP) is 6.85. The van der Waals surface area contributed by atoms with Gasteiger partial charge in [0.2, 0.25) is 5.75 Å². The van der Waals surface area contributed by atoms with Crippen molar-refractivity contribution in [2.75, 3.05) is 26.1 Å². The molecule has 2 heterocycles. The van der Waals surface area contributed by atoms with E-state index in [-0.39, 0.29) is 30.3 Å². The van der Waals surface area contributed by atoms with Crippen LogP contribution in [-0.2, 0) is 17.9 Å². The number of anilines is 1. The van der Waals surface area contributed by atoms with Gasteiger partial charge in [0, 0.05) is 36.9 Å². The van der Waals surface area contributed by atoms with Crippen LogP contribution in [0, 0.1) is 11.6 Å². The SMILES string of the molecule is COc1cc2nccc(Oc3ccc(NC(=O)Oc4cn(CCCOCc5ccccc5)c(=O)n(-c5ccc(F)cc5)c4=O)c(F)c3)c2cc1OC. The number of halogens is 2. The van der Waals surface area contributed by atoms with Crippen LogP contribution in [0.2, 0.25) is 0 Å². The van der Waals surface area contributed by atoms with Gasteiger partial charge in [0.05, 0.1) is 43.9 Å². The molecule has 2 aromatic heterocycles. The van der Waals surface area contributed by atoms with Crippen LogP contribution >= 0.6 is 0 Å². The lowest BCUT2D eigenvalue weighted by molar-refractivity contribution is 0.115. The smallest absolute Gasteiger partial charge is 0.417 e. The van der Waals surface area contributed by atoms with Gasteiger partial charge in [0.15, 0.2) is 17.3 Å². The summed E-state index contributed by atoms with van der Waals surface area (Å²) in [5.74, 6) is -0.565. The Balaban J connectivity index is 1.18. The Labute approximate surface area is 295 Å². The molecule has 6 aromatic rings. The summed E-state index contributed by atoms with van der Waals surface area (Å²) in [7, 11) is 3.00. The van der Waals surface area contributed by atoms with E-state index in [2.05, 4.69) is 10.3 Å². The van der Waals surface area contributed by atoms with Crippen molar-refractivity contribution in [2.24, 2.45) is 0 Å². The summed E-state index contributed by atoms with van der Waals surface area (Å²) in [5.41, 5.74) is -0.406. The molecule has 1 N–H and O–H groups in total. The average molecular weight is 711 g/mol. The Hall–Kier alpha value is -6.54. The number of pyridine rings is 1. The van der Waals surface area contributed by atoms with Gasteiger partial charge in [-0.1, -0.05) is 30.3 Å². The van der Waals surface area contributed by atoms with Gasteiger partial charge in [-0.3, -0.25) is 19.7 Å². The van der Waals surface area contributed by atoms with Crippen molar-refractivity contribution in [3.05, 3.63) is 141 Å². The van der Waals surface area contributed by atoms with Crippen LogP contribution in [0.15, 0.2) is 113 Å². The molecular formula is C38H32F2N4O8. The molecule has 0 spiro atoms. The molecule has 266 valence electrons. The van der Waals surface area contributed by atoms with E-state index in [1.54, 1.807) is 18.2 Å². The van der Waals surface area contributed by atoms with Crippen LogP contribution in [0.1, 0.15) is 12.0 Å². The molecule has 52 heavy (non-hydrogen) atoms. The van der Waals surface area contributed by atoms with Gasteiger partial charge in [0.1, 0.15) is 17.3 Å². The number of hydrogen-bond donors (Lipinski definition) is 1. The van der Waals surface area contributed by atoms with Crippen molar-refractivity contribution in [3.63, 3.8) is 0 Å². The highest BCUT2D eigenvalue weighted by Crippen LogP contribution is 2.37. The Kier molecular flexibility index (Phi) is 10.9. The highest BCUT2D eigenvalue weighted by molar-refractivity contribution is 5.89. The van der Waals surface area contributed by atoms with Crippen molar-refractivity contribution in [2.45, 2.75) is 19.6 Å². The molecule has 0 bridgehead atoms. The summed E-state index contributed by atoms with van der Waals surface area (Å²) in [6.45, 7) is 0.748. The molecule has 12 nitrogen and oxygen atoms in total. The molecule has 0 radical (unpaired) electrons. The van der Waals surface area contributed by atoms with E-state index in [0.717, 1.165) is 34.5 Å². The summed E-state index contributed by atoms with van der Waals surface area (Å²) in [5, 5.41) is 2.86. The summed E-state index contributed by atoms with van der Waals surface area (Å²) in [4.78, 5) is 44.1. The van der Waals surface area contributed by atoms with Crippen molar-refractivity contribution < 1.29 is 37.3 Å².